The minimum absolute atomic E-state index is 0.104. The minimum atomic E-state index is -1.03. The van der Waals surface area contributed by atoms with Crippen LogP contribution in [0.2, 0.25) is 0 Å². The van der Waals surface area contributed by atoms with Gasteiger partial charge in [-0.25, -0.2) is 0 Å². The van der Waals surface area contributed by atoms with Crippen molar-refractivity contribution in [1.82, 2.24) is 5.32 Å². The molecule has 0 heterocycles. The van der Waals surface area contributed by atoms with Gasteiger partial charge in [0.15, 0.2) is 0 Å². The van der Waals surface area contributed by atoms with Crippen molar-refractivity contribution in [2.45, 2.75) is 64.8 Å². The van der Waals surface area contributed by atoms with Crippen LogP contribution in [0.1, 0.15) is 72.5 Å². The maximum absolute atomic E-state index is 12.8. The van der Waals surface area contributed by atoms with Gasteiger partial charge in [0.25, 0.3) is 5.91 Å². The first-order valence-electron chi connectivity index (χ1n) is 11.6. The van der Waals surface area contributed by atoms with Crippen LogP contribution in [0.3, 0.4) is 0 Å². The zero-order valence-electron chi connectivity index (χ0n) is 19.4. The molecule has 1 aliphatic carbocycles. The van der Waals surface area contributed by atoms with E-state index in [4.69, 9.17) is 10.8 Å². The highest BCUT2D eigenvalue weighted by molar-refractivity contribution is 5.94. The van der Waals surface area contributed by atoms with Gasteiger partial charge in [0, 0.05) is 18.0 Å². The number of nitrogens with two attached hydrogens (primary N) is 1. The van der Waals surface area contributed by atoms with Crippen LogP contribution in [0.25, 0.3) is 0 Å². The van der Waals surface area contributed by atoms with E-state index in [0.29, 0.717) is 29.4 Å². The van der Waals surface area contributed by atoms with Crippen molar-refractivity contribution in [2.24, 2.45) is 17.1 Å². The topological polar surface area (TPSA) is 92.4 Å². The maximum Gasteiger partial charge on any atom is 0.320 e. The number of carbonyl (C=O) groups excluding carboxylic acids is 1. The first-order valence-corrected chi connectivity index (χ1v) is 11.6. The van der Waals surface area contributed by atoms with Crippen LogP contribution in [-0.2, 0) is 11.2 Å². The predicted molar refractivity (Wildman–Crippen MR) is 128 cm³/mol. The Kier molecular flexibility index (Phi) is 7.73. The van der Waals surface area contributed by atoms with Crippen LogP contribution in [0.4, 0.5) is 0 Å². The summed E-state index contributed by atoms with van der Waals surface area (Å²) in [4.78, 5) is 23.8. The van der Waals surface area contributed by atoms with E-state index in [1.54, 1.807) is 24.3 Å². The largest absolute Gasteiger partial charge is 0.480 e. The van der Waals surface area contributed by atoms with Gasteiger partial charge in [-0.05, 0) is 73.6 Å². The summed E-state index contributed by atoms with van der Waals surface area (Å²) in [5.41, 5.74) is 9.91. The molecular formula is C27H36N2O3. The summed E-state index contributed by atoms with van der Waals surface area (Å²) in [6.45, 7) is 7.40. The van der Waals surface area contributed by atoms with Crippen LogP contribution in [0.5, 0.6) is 0 Å². The Morgan fingerprint density at radius 1 is 1.06 bits per heavy atom. The zero-order chi connectivity index (χ0) is 23.3. The van der Waals surface area contributed by atoms with Crippen molar-refractivity contribution >= 4 is 11.9 Å². The van der Waals surface area contributed by atoms with Gasteiger partial charge in [-0.3, -0.25) is 9.59 Å². The maximum atomic E-state index is 12.8. The Labute approximate surface area is 191 Å². The Bertz CT molecular complexity index is 909. The van der Waals surface area contributed by atoms with E-state index in [1.165, 1.54) is 36.8 Å². The number of nitrogens with one attached hydrogen (secondary N) is 1. The van der Waals surface area contributed by atoms with E-state index in [9.17, 15) is 9.59 Å². The molecule has 2 aromatic rings. The predicted octanol–water partition coefficient (Wildman–Crippen LogP) is 4.68. The Morgan fingerprint density at radius 3 is 2.22 bits per heavy atom. The van der Waals surface area contributed by atoms with Gasteiger partial charge in [0.05, 0.1) is 0 Å². The van der Waals surface area contributed by atoms with E-state index in [0.717, 1.165) is 5.56 Å². The summed E-state index contributed by atoms with van der Waals surface area (Å²) in [6.07, 6.45) is 5.03. The van der Waals surface area contributed by atoms with Gasteiger partial charge < -0.3 is 16.2 Å². The molecule has 2 aromatic carbocycles. The van der Waals surface area contributed by atoms with Gasteiger partial charge in [-0.1, -0.05) is 55.8 Å². The second-order valence-electron chi connectivity index (χ2n) is 10.1. The lowest BCUT2D eigenvalue weighted by Gasteiger charge is -2.38. The van der Waals surface area contributed by atoms with Crippen LogP contribution in [0, 0.1) is 18.3 Å². The molecule has 1 saturated carbocycles. The van der Waals surface area contributed by atoms with E-state index in [-0.39, 0.29) is 12.3 Å². The lowest BCUT2D eigenvalue weighted by atomic mass is 9.68. The standard InChI is InChI=1S/C27H36N2O3/c1-18-4-8-20(9-5-18)23(21-12-14-27(2,3)15-13-21)17-29-25(30)22-10-6-19(7-11-22)16-24(28)26(31)32/h4-11,21,23-24H,12-17,28H2,1-3H3,(H,29,30)(H,31,32). The molecule has 3 rings (SSSR count). The minimum Gasteiger partial charge on any atom is -0.480 e. The number of carboxylic acid groups (broad SMARTS) is 1. The molecule has 5 heteroatoms. The average Bonchev–Trinajstić information content (AvgIpc) is 2.76. The third-order valence-electron chi connectivity index (χ3n) is 6.93. The van der Waals surface area contributed by atoms with Crippen molar-refractivity contribution in [3.05, 3.63) is 70.8 Å². The molecule has 172 valence electrons. The van der Waals surface area contributed by atoms with Crippen molar-refractivity contribution in [3.8, 4) is 0 Å². The Morgan fingerprint density at radius 2 is 1.66 bits per heavy atom. The van der Waals surface area contributed by atoms with Gasteiger partial charge in [0.2, 0.25) is 0 Å². The molecule has 1 aliphatic rings. The number of carbonyl (C=O) groups is 2. The van der Waals surface area contributed by atoms with Crippen LogP contribution >= 0.6 is 0 Å². The quantitative estimate of drug-likeness (QED) is 0.560. The molecule has 2 atom stereocenters. The van der Waals surface area contributed by atoms with E-state index in [2.05, 4.69) is 50.4 Å². The van der Waals surface area contributed by atoms with E-state index >= 15 is 0 Å². The number of benzene rings is 2. The SMILES string of the molecule is Cc1ccc(C(CNC(=O)c2ccc(CC(N)C(=O)O)cc2)C2CCC(C)(C)CC2)cc1. The van der Waals surface area contributed by atoms with Crippen molar-refractivity contribution in [1.29, 1.82) is 0 Å². The van der Waals surface area contributed by atoms with Crippen LogP contribution < -0.4 is 11.1 Å². The number of rotatable bonds is 8. The molecule has 0 bridgehead atoms. The van der Waals surface area contributed by atoms with E-state index in [1.807, 2.05) is 0 Å². The number of hydrogen-bond donors (Lipinski definition) is 3. The molecule has 32 heavy (non-hydrogen) atoms. The highest BCUT2D eigenvalue weighted by Crippen LogP contribution is 2.43. The fraction of sp³-hybridized carbons (Fsp3) is 0.481. The monoisotopic (exact) mass is 436 g/mol. The molecule has 0 spiro atoms. The van der Waals surface area contributed by atoms with Gasteiger partial charge in [-0.15, -0.1) is 0 Å². The summed E-state index contributed by atoms with van der Waals surface area (Å²) >= 11 is 0. The highest BCUT2D eigenvalue weighted by atomic mass is 16.4. The third kappa shape index (κ3) is 6.42. The Balaban J connectivity index is 1.66. The normalized spacial score (nSPS) is 18.0. The number of amides is 1. The molecule has 5 nitrogen and oxygen atoms in total. The van der Waals surface area contributed by atoms with Crippen LogP contribution in [-0.4, -0.2) is 29.6 Å². The summed E-state index contributed by atoms with van der Waals surface area (Å²) in [5.74, 6) is -0.276. The number of aliphatic carboxylic acids is 1. The van der Waals surface area contributed by atoms with Crippen molar-refractivity contribution in [3.63, 3.8) is 0 Å². The number of carboxylic acids is 1. The molecule has 4 N–H and O–H groups in total. The molecule has 2 unspecified atom stereocenters. The molecule has 0 saturated heterocycles. The van der Waals surface area contributed by atoms with Gasteiger partial charge in [0.1, 0.15) is 6.04 Å². The zero-order valence-corrected chi connectivity index (χ0v) is 19.4. The molecule has 0 aliphatic heterocycles. The molecule has 1 fully saturated rings. The first kappa shape index (κ1) is 24.0. The molecule has 0 radical (unpaired) electrons. The lowest BCUT2D eigenvalue weighted by Crippen LogP contribution is -2.34. The summed E-state index contributed by atoms with van der Waals surface area (Å²) in [7, 11) is 0. The van der Waals surface area contributed by atoms with Gasteiger partial charge >= 0.3 is 5.97 Å². The fourth-order valence-corrected chi connectivity index (χ4v) is 4.63. The summed E-state index contributed by atoms with van der Waals surface area (Å²) < 4.78 is 0. The molecule has 1 amide bonds. The van der Waals surface area contributed by atoms with Crippen LogP contribution in [0.15, 0.2) is 48.5 Å². The third-order valence-corrected chi connectivity index (χ3v) is 6.93. The second-order valence-corrected chi connectivity index (χ2v) is 10.1. The highest BCUT2D eigenvalue weighted by Gasteiger charge is 2.32. The molecular weight excluding hydrogens is 400 g/mol. The fourth-order valence-electron chi connectivity index (χ4n) is 4.63. The van der Waals surface area contributed by atoms with Gasteiger partial charge in [-0.2, -0.15) is 0 Å². The lowest BCUT2D eigenvalue weighted by molar-refractivity contribution is -0.138. The smallest absolute Gasteiger partial charge is 0.320 e. The van der Waals surface area contributed by atoms with Crippen molar-refractivity contribution < 1.29 is 14.7 Å². The molecule has 0 aromatic heterocycles. The number of hydrogen-bond acceptors (Lipinski definition) is 3. The summed E-state index contributed by atoms with van der Waals surface area (Å²) in [6, 6.07) is 14.8. The Hall–Kier alpha value is -2.66. The first-order chi connectivity index (χ1) is 15.1. The van der Waals surface area contributed by atoms with E-state index < -0.39 is 12.0 Å². The second kappa shape index (κ2) is 10.3. The van der Waals surface area contributed by atoms with Crippen molar-refractivity contribution in [2.75, 3.05) is 6.54 Å². The number of aryl methyl sites for hydroxylation is 1. The average molecular weight is 437 g/mol. The summed E-state index contributed by atoms with van der Waals surface area (Å²) in [5, 5.41) is 12.1.